The summed E-state index contributed by atoms with van der Waals surface area (Å²) >= 11 is 0. The van der Waals surface area contributed by atoms with E-state index in [2.05, 4.69) is 10.3 Å². The molecular formula is C14H16N2O. The van der Waals surface area contributed by atoms with Crippen molar-refractivity contribution in [2.24, 2.45) is 0 Å². The Labute approximate surface area is 101 Å². The summed E-state index contributed by atoms with van der Waals surface area (Å²) in [5.41, 5.74) is 1.99. The molecule has 0 fully saturated rings. The Bertz CT molecular complexity index is 471. The molecule has 17 heavy (non-hydrogen) atoms. The van der Waals surface area contributed by atoms with Crippen LogP contribution < -0.4 is 5.32 Å². The molecule has 0 aliphatic rings. The molecule has 1 aromatic carbocycles. The third-order valence-corrected chi connectivity index (χ3v) is 2.66. The summed E-state index contributed by atoms with van der Waals surface area (Å²) in [6, 6.07) is 13.5. The maximum absolute atomic E-state index is 9.98. The van der Waals surface area contributed by atoms with Crippen molar-refractivity contribution in [2.45, 2.75) is 13.0 Å². The van der Waals surface area contributed by atoms with E-state index in [4.69, 9.17) is 0 Å². The molecule has 2 aromatic rings. The lowest BCUT2D eigenvalue weighted by Crippen LogP contribution is -2.13. The van der Waals surface area contributed by atoms with Crippen LogP contribution >= 0.6 is 0 Å². The number of anilines is 1. The summed E-state index contributed by atoms with van der Waals surface area (Å²) in [4.78, 5) is 4.22. The van der Waals surface area contributed by atoms with E-state index in [-0.39, 0.29) is 0 Å². The van der Waals surface area contributed by atoms with Gasteiger partial charge in [0, 0.05) is 12.7 Å². The third-order valence-electron chi connectivity index (χ3n) is 2.66. The molecule has 1 heterocycles. The van der Waals surface area contributed by atoms with Crippen LogP contribution in [0.15, 0.2) is 48.7 Å². The second kappa shape index (κ2) is 5.46. The number of nitrogens with one attached hydrogen (secondary N) is 1. The normalized spacial score (nSPS) is 12.1. The number of hydrogen-bond donors (Lipinski definition) is 2. The minimum Gasteiger partial charge on any atom is -0.387 e. The number of pyridine rings is 1. The number of nitrogens with zero attached hydrogens (tertiary/aromatic N) is 1. The average Bonchev–Trinajstić information content (AvgIpc) is 2.38. The third kappa shape index (κ3) is 3.04. The monoisotopic (exact) mass is 228 g/mol. The largest absolute Gasteiger partial charge is 0.387 e. The first-order valence-electron chi connectivity index (χ1n) is 5.66. The zero-order valence-corrected chi connectivity index (χ0v) is 9.80. The van der Waals surface area contributed by atoms with Crippen LogP contribution in [0.3, 0.4) is 0 Å². The predicted octanol–water partition coefficient (Wildman–Crippen LogP) is 2.54. The van der Waals surface area contributed by atoms with E-state index in [1.54, 1.807) is 6.20 Å². The Kier molecular flexibility index (Phi) is 3.73. The van der Waals surface area contributed by atoms with E-state index in [0.717, 1.165) is 16.9 Å². The lowest BCUT2D eigenvalue weighted by molar-refractivity contribution is 0.191. The zero-order valence-electron chi connectivity index (χ0n) is 9.80. The fourth-order valence-corrected chi connectivity index (χ4v) is 1.66. The molecule has 0 saturated carbocycles. The molecule has 2 rings (SSSR count). The van der Waals surface area contributed by atoms with Gasteiger partial charge in [-0.2, -0.15) is 0 Å². The van der Waals surface area contributed by atoms with Crippen LogP contribution in [0.4, 0.5) is 5.82 Å². The molecule has 0 aliphatic heterocycles. The Morgan fingerprint density at radius 2 is 1.94 bits per heavy atom. The highest BCUT2D eigenvalue weighted by molar-refractivity contribution is 5.42. The summed E-state index contributed by atoms with van der Waals surface area (Å²) in [5, 5.41) is 13.1. The first-order chi connectivity index (χ1) is 8.27. The van der Waals surface area contributed by atoms with Gasteiger partial charge in [0.05, 0.1) is 6.10 Å². The minimum absolute atomic E-state index is 0.460. The Morgan fingerprint density at radius 1 is 1.18 bits per heavy atom. The number of aliphatic hydroxyl groups excluding tert-OH is 1. The molecular weight excluding hydrogens is 212 g/mol. The summed E-state index contributed by atoms with van der Waals surface area (Å²) in [6.45, 7) is 2.45. The van der Waals surface area contributed by atoms with Gasteiger partial charge in [-0.1, -0.05) is 36.4 Å². The molecule has 3 heteroatoms. The topological polar surface area (TPSA) is 45.2 Å². The zero-order chi connectivity index (χ0) is 12.1. The molecule has 1 atom stereocenters. The molecule has 3 nitrogen and oxygen atoms in total. The van der Waals surface area contributed by atoms with Crippen LogP contribution in [0.2, 0.25) is 0 Å². The highest BCUT2D eigenvalue weighted by Gasteiger charge is 2.07. The van der Waals surface area contributed by atoms with Crippen LogP contribution in [0.1, 0.15) is 17.2 Å². The van der Waals surface area contributed by atoms with Crippen molar-refractivity contribution >= 4 is 5.82 Å². The van der Waals surface area contributed by atoms with Crippen molar-refractivity contribution in [3.63, 3.8) is 0 Å². The molecule has 0 saturated heterocycles. The SMILES string of the molecule is Cc1cccnc1NCC(O)c1ccccc1. The van der Waals surface area contributed by atoms with Gasteiger partial charge in [0.2, 0.25) is 0 Å². The summed E-state index contributed by atoms with van der Waals surface area (Å²) < 4.78 is 0. The maximum Gasteiger partial charge on any atom is 0.128 e. The van der Waals surface area contributed by atoms with Crippen LogP contribution in [0.25, 0.3) is 0 Å². The van der Waals surface area contributed by atoms with Gasteiger partial charge in [-0.15, -0.1) is 0 Å². The first kappa shape index (κ1) is 11.6. The van der Waals surface area contributed by atoms with Crippen LogP contribution in [-0.2, 0) is 0 Å². The van der Waals surface area contributed by atoms with Gasteiger partial charge < -0.3 is 10.4 Å². The number of benzene rings is 1. The van der Waals surface area contributed by atoms with E-state index in [0.29, 0.717) is 6.54 Å². The van der Waals surface area contributed by atoms with Gasteiger partial charge in [-0.25, -0.2) is 4.98 Å². The molecule has 2 N–H and O–H groups in total. The van der Waals surface area contributed by atoms with E-state index in [9.17, 15) is 5.11 Å². The second-order valence-electron chi connectivity index (χ2n) is 3.98. The lowest BCUT2D eigenvalue weighted by Gasteiger charge is -2.13. The molecule has 88 valence electrons. The maximum atomic E-state index is 9.98. The molecule has 0 spiro atoms. The van der Waals surface area contributed by atoms with Gasteiger partial charge in [0.25, 0.3) is 0 Å². The predicted molar refractivity (Wildman–Crippen MR) is 68.9 cm³/mol. The van der Waals surface area contributed by atoms with Crippen molar-refractivity contribution in [1.82, 2.24) is 4.98 Å². The van der Waals surface area contributed by atoms with Gasteiger partial charge >= 0.3 is 0 Å². The molecule has 1 aromatic heterocycles. The average molecular weight is 228 g/mol. The van der Waals surface area contributed by atoms with Gasteiger partial charge in [-0.05, 0) is 24.1 Å². The molecule has 1 unspecified atom stereocenters. The molecule has 0 aliphatic carbocycles. The summed E-state index contributed by atoms with van der Waals surface area (Å²) in [5.74, 6) is 0.822. The Hall–Kier alpha value is -1.87. The van der Waals surface area contributed by atoms with E-state index < -0.39 is 6.10 Å². The van der Waals surface area contributed by atoms with E-state index in [1.807, 2.05) is 49.4 Å². The van der Waals surface area contributed by atoms with Crippen molar-refractivity contribution in [3.05, 3.63) is 59.8 Å². The number of rotatable bonds is 4. The van der Waals surface area contributed by atoms with Crippen LogP contribution in [-0.4, -0.2) is 16.6 Å². The highest BCUT2D eigenvalue weighted by atomic mass is 16.3. The fraction of sp³-hybridized carbons (Fsp3) is 0.214. The number of aromatic nitrogens is 1. The molecule has 0 amide bonds. The quantitative estimate of drug-likeness (QED) is 0.845. The van der Waals surface area contributed by atoms with Crippen molar-refractivity contribution in [1.29, 1.82) is 0 Å². The van der Waals surface area contributed by atoms with Crippen LogP contribution in [0.5, 0.6) is 0 Å². The summed E-state index contributed by atoms with van der Waals surface area (Å²) in [6.07, 6.45) is 1.22. The van der Waals surface area contributed by atoms with Crippen molar-refractivity contribution in [2.75, 3.05) is 11.9 Å². The minimum atomic E-state index is -0.516. The Balaban J connectivity index is 1.97. The lowest BCUT2D eigenvalue weighted by atomic mass is 10.1. The number of aliphatic hydroxyl groups is 1. The Morgan fingerprint density at radius 3 is 2.65 bits per heavy atom. The van der Waals surface area contributed by atoms with Crippen molar-refractivity contribution < 1.29 is 5.11 Å². The smallest absolute Gasteiger partial charge is 0.128 e. The first-order valence-corrected chi connectivity index (χ1v) is 5.66. The standard InChI is InChI=1S/C14H16N2O/c1-11-6-5-9-15-14(11)16-10-13(17)12-7-3-2-4-8-12/h2-9,13,17H,10H2,1H3,(H,15,16). The summed E-state index contributed by atoms with van der Waals surface area (Å²) in [7, 11) is 0. The van der Waals surface area contributed by atoms with Gasteiger partial charge in [0.1, 0.15) is 5.82 Å². The van der Waals surface area contributed by atoms with Crippen LogP contribution in [0, 0.1) is 6.92 Å². The van der Waals surface area contributed by atoms with E-state index in [1.165, 1.54) is 0 Å². The fourth-order valence-electron chi connectivity index (χ4n) is 1.66. The van der Waals surface area contributed by atoms with Gasteiger partial charge in [-0.3, -0.25) is 0 Å². The number of hydrogen-bond acceptors (Lipinski definition) is 3. The number of aryl methyl sites for hydroxylation is 1. The highest BCUT2D eigenvalue weighted by Crippen LogP contribution is 2.14. The van der Waals surface area contributed by atoms with Gasteiger partial charge in [0.15, 0.2) is 0 Å². The van der Waals surface area contributed by atoms with E-state index >= 15 is 0 Å². The molecule has 0 radical (unpaired) electrons. The molecule has 0 bridgehead atoms. The second-order valence-corrected chi connectivity index (χ2v) is 3.98. The van der Waals surface area contributed by atoms with Crippen molar-refractivity contribution in [3.8, 4) is 0 Å².